The summed E-state index contributed by atoms with van der Waals surface area (Å²) in [6.07, 6.45) is 4.63. The molecule has 2 N–H and O–H groups in total. The predicted molar refractivity (Wildman–Crippen MR) is 99.7 cm³/mol. The third-order valence-electron chi connectivity index (χ3n) is 5.08. The van der Waals surface area contributed by atoms with Crippen LogP contribution in [0, 0.1) is 0 Å². The molecule has 0 spiro atoms. The van der Waals surface area contributed by atoms with Crippen LogP contribution in [0.25, 0.3) is 11.1 Å². The smallest absolute Gasteiger partial charge is 0.253 e. The standard InChI is InChI=1S/C21H22N2O2/c24-19-14-23(18-8-4-5-9-18)20(22-21(19)25)17-12-10-16(11-13-17)15-6-2-1-3-7-15/h1-3,6-7,10-13,18,24-25H,4-5,8-9,14H2. The van der Waals surface area contributed by atoms with Gasteiger partial charge in [0.05, 0.1) is 6.54 Å². The second kappa shape index (κ2) is 6.63. The summed E-state index contributed by atoms with van der Waals surface area (Å²) in [5.74, 6) is 0.440. The molecule has 4 nitrogen and oxygen atoms in total. The van der Waals surface area contributed by atoms with Crippen molar-refractivity contribution in [2.75, 3.05) is 6.54 Å². The maximum Gasteiger partial charge on any atom is 0.253 e. The van der Waals surface area contributed by atoms with Crippen LogP contribution in [-0.2, 0) is 0 Å². The zero-order valence-electron chi connectivity index (χ0n) is 14.1. The van der Waals surface area contributed by atoms with E-state index in [1.54, 1.807) is 0 Å². The maximum atomic E-state index is 9.95. The van der Waals surface area contributed by atoms with Crippen LogP contribution in [0.2, 0.25) is 0 Å². The molecule has 1 aliphatic carbocycles. The van der Waals surface area contributed by atoms with Crippen LogP contribution in [0.15, 0.2) is 71.2 Å². The van der Waals surface area contributed by atoms with E-state index in [4.69, 9.17) is 0 Å². The van der Waals surface area contributed by atoms with Gasteiger partial charge >= 0.3 is 0 Å². The quantitative estimate of drug-likeness (QED) is 0.859. The number of hydrogen-bond acceptors (Lipinski definition) is 4. The number of benzene rings is 2. The number of aliphatic imine (C=N–C) groups is 1. The molecule has 0 atom stereocenters. The summed E-state index contributed by atoms with van der Waals surface area (Å²) in [5.41, 5.74) is 3.29. The van der Waals surface area contributed by atoms with E-state index in [2.05, 4.69) is 34.2 Å². The molecular weight excluding hydrogens is 312 g/mol. The SMILES string of the molecule is OC1=C(O)N=C(c2ccc(-c3ccccc3)cc2)N(C2CCCC2)C1. The molecular formula is C21H22N2O2. The van der Waals surface area contributed by atoms with Gasteiger partial charge in [-0.25, -0.2) is 0 Å². The monoisotopic (exact) mass is 334 g/mol. The Morgan fingerprint density at radius 2 is 1.40 bits per heavy atom. The summed E-state index contributed by atoms with van der Waals surface area (Å²) in [7, 11) is 0. The van der Waals surface area contributed by atoms with Crippen molar-refractivity contribution in [2.45, 2.75) is 31.7 Å². The van der Waals surface area contributed by atoms with Gasteiger partial charge in [0, 0.05) is 11.6 Å². The molecule has 4 heteroatoms. The highest BCUT2D eigenvalue weighted by Gasteiger charge is 2.30. The van der Waals surface area contributed by atoms with Crippen LogP contribution < -0.4 is 0 Å². The number of rotatable bonds is 3. The van der Waals surface area contributed by atoms with Gasteiger partial charge in [-0.3, -0.25) is 0 Å². The molecule has 1 saturated carbocycles. The highest BCUT2D eigenvalue weighted by Crippen LogP contribution is 2.29. The van der Waals surface area contributed by atoms with E-state index in [1.165, 1.54) is 18.4 Å². The minimum atomic E-state index is -0.267. The molecule has 0 aromatic heterocycles. The van der Waals surface area contributed by atoms with Crippen molar-refractivity contribution in [1.29, 1.82) is 0 Å². The van der Waals surface area contributed by atoms with Crippen molar-refractivity contribution in [3.8, 4) is 11.1 Å². The molecule has 0 radical (unpaired) electrons. The van der Waals surface area contributed by atoms with Crippen LogP contribution in [-0.4, -0.2) is 33.5 Å². The van der Waals surface area contributed by atoms with Crippen molar-refractivity contribution >= 4 is 5.84 Å². The van der Waals surface area contributed by atoms with Crippen molar-refractivity contribution in [2.24, 2.45) is 4.99 Å². The fraction of sp³-hybridized carbons (Fsp3) is 0.286. The Labute approximate surface area is 147 Å². The second-order valence-electron chi connectivity index (χ2n) is 6.72. The van der Waals surface area contributed by atoms with Gasteiger partial charge in [0.15, 0.2) is 5.76 Å². The van der Waals surface area contributed by atoms with E-state index in [1.807, 2.05) is 30.3 Å². The number of hydrogen-bond donors (Lipinski definition) is 2. The third-order valence-corrected chi connectivity index (χ3v) is 5.08. The lowest BCUT2D eigenvalue weighted by atomic mass is 10.0. The Kier molecular flexibility index (Phi) is 4.18. The maximum absolute atomic E-state index is 9.95. The van der Waals surface area contributed by atoms with Crippen molar-refractivity contribution in [1.82, 2.24) is 4.90 Å². The number of amidine groups is 1. The van der Waals surface area contributed by atoms with Crippen LogP contribution in [0.5, 0.6) is 0 Å². The van der Waals surface area contributed by atoms with E-state index in [9.17, 15) is 10.2 Å². The fourth-order valence-corrected chi connectivity index (χ4v) is 3.73. The molecule has 0 saturated heterocycles. The molecule has 1 heterocycles. The van der Waals surface area contributed by atoms with Gasteiger partial charge in [0.1, 0.15) is 5.84 Å². The van der Waals surface area contributed by atoms with Gasteiger partial charge in [0.25, 0.3) is 5.88 Å². The van der Waals surface area contributed by atoms with Crippen molar-refractivity contribution in [3.05, 3.63) is 71.8 Å². The lowest BCUT2D eigenvalue weighted by molar-refractivity contribution is 0.238. The molecule has 2 aromatic rings. The lowest BCUT2D eigenvalue weighted by Gasteiger charge is -2.34. The van der Waals surface area contributed by atoms with Gasteiger partial charge < -0.3 is 15.1 Å². The van der Waals surface area contributed by atoms with Crippen LogP contribution in [0.4, 0.5) is 0 Å². The van der Waals surface area contributed by atoms with Gasteiger partial charge in [-0.05, 0) is 24.0 Å². The van der Waals surface area contributed by atoms with Gasteiger partial charge in [-0.1, -0.05) is 67.4 Å². The summed E-state index contributed by atoms with van der Waals surface area (Å²) >= 11 is 0. The van der Waals surface area contributed by atoms with E-state index in [0.717, 1.165) is 29.8 Å². The number of nitrogens with zero attached hydrogens (tertiary/aromatic N) is 2. The number of aliphatic hydroxyl groups is 2. The minimum Gasteiger partial charge on any atom is -0.506 e. The van der Waals surface area contributed by atoms with E-state index < -0.39 is 0 Å². The van der Waals surface area contributed by atoms with Gasteiger partial charge in [-0.2, -0.15) is 4.99 Å². The summed E-state index contributed by atoms with van der Waals surface area (Å²) in [6.45, 7) is 0.329. The van der Waals surface area contributed by atoms with Crippen LogP contribution in [0.3, 0.4) is 0 Å². The Morgan fingerprint density at radius 1 is 0.800 bits per heavy atom. The Hall–Kier alpha value is -2.75. The largest absolute Gasteiger partial charge is 0.506 e. The normalized spacial score (nSPS) is 18.6. The van der Waals surface area contributed by atoms with Crippen LogP contribution >= 0.6 is 0 Å². The Bertz CT molecular complexity index is 804. The first kappa shape index (κ1) is 15.8. The highest BCUT2D eigenvalue weighted by atomic mass is 16.3. The fourth-order valence-electron chi connectivity index (χ4n) is 3.73. The zero-order valence-corrected chi connectivity index (χ0v) is 14.1. The first-order valence-electron chi connectivity index (χ1n) is 8.84. The molecule has 1 aliphatic heterocycles. The van der Waals surface area contributed by atoms with E-state index in [0.29, 0.717) is 12.6 Å². The average molecular weight is 334 g/mol. The first-order chi connectivity index (χ1) is 12.2. The molecule has 4 rings (SSSR count). The van der Waals surface area contributed by atoms with Crippen molar-refractivity contribution in [3.63, 3.8) is 0 Å². The van der Waals surface area contributed by atoms with Gasteiger partial charge in [-0.15, -0.1) is 0 Å². The van der Waals surface area contributed by atoms with E-state index >= 15 is 0 Å². The molecule has 0 bridgehead atoms. The lowest BCUT2D eigenvalue weighted by Crippen LogP contribution is -2.42. The molecule has 0 amide bonds. The van der Waals surface area contributed by atoms with Gasteiger partial charge in [0.2, 0.25) is 0 Å². The third kappa shape index (κ3) is 3.12. The Balaban J connectivity index is 1.67. The second-order valence-corrected chi connectivity index (χ2v) is 6.72. The average Bonchev–Trinajstić information content (AvgIpc) is 3.19. The summed E-state index contributed by atoms with van der Waals surface area (Å²) < 4.78 is 0. The van der Waals surface area contributed by atoms with Crippen molar-refractivity contribution < 1.29 is 10.2 Å². The Morgan fingerprint density at radius 3 is 2.08 bits per heavy atom. The predicted octanol–water partition coefficient (Wildman–Crippen LogP) is 4.64. The molecule has 1 fully saturated rings. The molecule has 2 aromatic carbocycles. The molecule has 25 heavy (non-hydrogen) atoms. The van der Waals surface area contributed by atoms with Crippen LogP contribution in [0.1, 0.15) is 31.2 Å². The number of aliphatic hydroxyl groups excluding tert-OH is 2. The topological polar surface area (TPSA) is 56.1 Å². The summed E-state index contributed by atoms with van der Waals surface area (Å²) in [5, 5.41) is 19.9. The molecule has 2 aliphatic rings. The first-order valence-corrected chi connectivity index (χ1v) is 8.84. The highest BCUT2D eigenvalue weighted by molar-refractivity contribution is 6.00. The summed E-state index contributed by atoms with van der Waals surface area (Å²) in [4.78, 5) is 6.43. The minimum absolute atomic E-state index is 0.0449. The molecule has 0 unspecified atom stereocenters. The zero-order chi connectivity index (χ0) is 17.2. The molecule has 128 valence electrons. The van der Waals surface area contributed by atoms with E-state index in [-0.39, 0.29) is 11.6 Å². The summed E-state index contributed by atoms with van der Waals surface area (Å²) in [6, 6.07) is 18.9.